The summed E-state index contributed by atoms with van der Waals surface area (Å²) in [7, 11) is 1.64. The van der Waals surface area contributed by atoms with Crippen molar-refractivity contribution in [1.29, 1.82) is 0 Å². The highest BCUT2D eigenvalue weighted by Gasteiger charge is 2.27. The Morgan fingerprint density at radius 2 is 1.85 bits per heavy atom. The summed E-state index contributed by atoms with van der Waals surface area (Å²) in [4.78, 5) is 37.7. The van der Waals surface area contributed by atoms with E-state index in [1.54, 1.807) is 11.9 Å². The van der Waals surface area contributed by atoms with E-state index in [0.29, 0.717) is 32.4 Å². The Balaban J connectivity index is 2.36. The summed E-state index contributed by atoms with van der Waals surface area (Å²) in [6.45, 7) is 3.03. The zero-order chi connectivity index (χ0) is 15.1. The lowest BCUT2D eigenvalue weighted by Crippen LogP contribution is -2.45. The molecule has 6 nitrogen and oxygen atoms in total. The van der Waals surface area contributed by atoms with E-state index in [-0.39, 0.29) is 24.3 Å². The van der Waals surface area contributed by atoms with Crippen LogP contribution >= 0.6 is 0 Å². The monoisotopic (exact) mass is 284 g/mol. The molecule has 0 atom stereocenters. The smallest absolute Gasteiger partial charge is 0.306 e. The summed E-state index contributed by atoms with van der Waals surface area (Å²) in [5, 5.41) is 8.91. The van der Waals surface area contributed by atoms with Gasteiger partial charge in [-0.25, -0.2) is 0 Å². The van der Waals surface area contributed by atoms with Crippen LogP contribution in [0.1, 0.15) is 39.0 Å². The van der Waals surface area contributed by atoms with E-state index in [2.05, 4.69) is 0 Å². The topological polar surface area (TPSA) is 77.9 Å². The number of rotatable bonds is 6. The molecular formula is C14H24N2O4. The van der Waals surface area contributed by atoms with E-state index in [9.17, 15) is 14.4 Å². The maximum Gasteiger partial charge on any atom is 0.306 e. The lowest BCUT2D eigenvalue weighted by atomic mass is 9.97. The number of piperidine rings is 1. The minimum Gasteiger partial charge on any atom is -0.481 e. The first-order chi connectivity index (χ1) is 9.45. The number of unbranched alkanes of at least 4 members (excludes halogenated alkanes) is 1. The Bertz CT molecular complexity index is 362. The molecule has 0 aliphatic carbocycles. The van der Waals surface area contributed by atoms with Crippen molar-refractivity contribution in [1.82, 2.24) is 9.80 Å². The number of aliphatic carboxylic acids is 1. The molecule has 0 unspecified atom stereocenters. The lowest BCUT2D eigenvalue weighted by molar-refractivity contribution is -0.146. The van der Waals surface area contributed by atoms with Crippen LogP contribution in [0, 0.1) is 5.92 Å². The highest BCUT2D eigenvalue weighted by atomic mass is 16.4. The first kappa shape index (κ1) is 16.5. The fourth-order valence-electron chi connectivity index (χ4n) is 2.29. The van der Waals surface area contributed by atoms with Crippen LogP contribution in [0.5, 0.6) is 0 Å². The largest absolute Gasteiger partial charge is 0.481 e. The first-order valence-corrected chi connectivity index (χ1v) is 7.20. The van der Waals surface area contributed by atoms with Crippen molar-refractivity contribution >= 4 is 17.8 Å². The van der Waals surface area contributed by atoms with Crippen molar-refractivity contribution < 1.29 is 19.5 Å². The van der Waals surface area contributed by atoms with Crippen LogP contribution in [-0.4, -0.2) is 59.4 Å². The third kappa shape index (κ3) is 4.83. The third-order valence-electron chi connectivity index (χ3n) is 3.74. The molecule has 2 amide bonds. The standard InChI is InChI=1S/C14H24N2O4/c1-3-4-5-12(17)15(2)10-13(18)16-8-6-11(7-9-16)14(19)20/h11H,3-10H2,1-2H3,(H,19,20). The van der Waals surface area contributed by atoms with Gasteiger partial charge in [0, 0.05) is 26.6 Å². The molecule has 1 saturated heterocycles. The van der Waals surface area contributed by atoms with Crippen molar-refractivity contribution in [3.8, 4) is 0 Å². The van der Waals surface area contributed by atoms with Gasteiger partial charge in [0.15, 0.2) is 0 Å². The number of carboxylic acids is 1. The minimum absolute atomic E-state index is 0.0133. The molecule has 0 bridgehead atoms. The van der Waals surface area contributed by atoms with E-state index in [1.165, 1.54) is 4.90 Å². The maximum absolute atomic E-state index is 12.0. The summed E-state index contributed by atoms with van der Waals surface area (Å²) < 4.78 is 0. The van der Waals surface area contributed by atoms with Gasteiger partial charge in [0.2, 0.25) is 11.8 Å². The average molecular weight is 284 g/mol. The summed E-state index contributed by atoms with van der Waals surface area (Å²) in [5.41, 5.74) is 0. The summed E-state index contributed by atoms with van der Waals surface area (Å²) in [5.74, 6) is -1.24. The second-order valence-corrected chi connectivity index (χ2v) is 5.35. The van der Waals surface area contributed by atoms with Crippen molar-refractivity contribution in [3.63, 3.8) is 0 Å². The van der Waals surface area contributed by atoms with Crippen LogP contribution in [0.15, 0.2) is 0 Å². The Morgan fingerprint density at radius 3 is 2.35 bits per heavy atom. The van der Waals surface area contributed by atoms with Crippen molar-refractivity contribution in [2.45, 2.75) is 39.0 Å². The normalized spacial score (nSPS) is 16.0. The molecule has 0 spiro atoms. The molecule has 0 saturated carbocycles. The molecule has 1 heterocycles. The number of hydrogen-bond acceptors (Lipinski definition) is 3. The van der Waals surface area contributed by atoms with Crippen LogP contribution < -0.4 is 0 Å². The van der Waals surface area contributed by atoms with Gasteiger partial charge in [-0.3, -0.25) is 14.4 Å². The molecule has 1 aliphatic heterocycles. The van der Waals surface area contributed by atoms with Crippen molar-refractivity contribution in [2.24, 2.45) is 5.92 Å². The van der Waals surface area contributed by atoms with Gasteiger partial charge in [-0.2, -0.15) is 0 Å². The van der Waals surface area contributed by atoms with E-state index in [0.717, 1.165) is 12.8 Å². The Morgan fingerprint density at radius 1 is 1.25 bits per heavy atom. The molecule has 1 aliphatic rings. The van der Waals surface area contributed by atoms with Crippen molar-refractivity contribution in [3.05, 3.63) is 0 Å². The van der Waals surface area contributed by atoms with Gasteiger partial charge in [-0.1, -0.05) is 13.3 Å². The molecule has 1 N–H and O–H groups in total. The second-order valence-electron chi connectivity index (χ2n) is 5.35. The number of carboxylic acid groups (broad SMARTS) is 1. The predicted molar refractivity (Wildman–Crippen MR) is 74.1 cm³/mol. The van der Waals surface area contributed by atoms with Crippen LogP contribution in [0.25, 0.3) is 0 Å². The summed E-state index contributed by atoms with van der Waals surface area (Å²) in [6, 6.07) is 0. The zero-order valence-corrected chi connectivity index (χ0v) is 12.3. The maximum atomic E-state index is 12.0. The fourth-order valence-corrected chi connectivity index (χ4v) is 2.29. The second kappa shape index (κ2) is 7.87. The molecule has 1 fully saturated rings. The van der Waals surface area contributed by atoms with Crippen molar-refractivity contribution in [2.75, 3.05) is 26.7 Å². The van der Waals surface area contributed by atoms with Gasteiger partial charge >= 0.3 is 5.97 Å². The number of carbonyl (C=O) groups excluding carboxylic acids is 2. The molecule has 6 heteroatoms. The quantitative estimate of drug-likeness (QED) is 0.788. The van der Waals surface area contributed by atoms with Gasteiger partial charge < -0.3 is 14.9 Å². The molecule has 20 heavy (non-hydrogen) atoms. The van der Waals surface area contributed by atoms with Gasteiger partial charge in [0.05, 0.1) is 12.5 Å². The highest BCUT2D eigenvalue weighted by Crippen LogP contribution is 2.17. The van der Waals surface area contributed by atoms with E-state index in [1.807, 2.05) is 6.92 Å². The number of likely N-dealkylation sites (tertiary alicyclic amines) is 1. The van der Waals surface area contributed by atoms with Crippen LogP contribution in [0.3, 0.4) is 0 Å². The van der Waals surface area contributed by atoms with Crippen LogP contribution in [0.4, 0.5) is 0 Å². The summed E-state index contributed by atoms with van der Waals surface area (Å²) in [6.07, 6.45) is 3.25. The highest BCUT2D eigenvalue weighted by molar-refractivity contribution is 5.84. The summed E-state index contributed by atoms with van der Waals surface area (Å²) >= 11 is 0. The Kier molecular flexibility index (Phi) is 6.48. The van der Waals surface area contributed by atoms with Gasteiger partial charge in [-0.15, -0.1) is 0 Å². The number of amides is 2. The van der Waals surface area contributed by atoms with Gasteiger partial charge in [-0.05, 0) is 19.3 Å². The third-order valence-corrected chi connectivity index (χ3v) is 3.74. The number of likely N-dealkylation sites (N-methyl/N-ethyl adjacent to an activating group) is 1. The number of carbonyl (C=O) groups is 3. The molecule has 0 aromatic heterocycles. The Labute approximate surface area is 119 Å². The van der Waals surface area contributed by atoms with Crippen LogP contribution in [0.2, 0.25) is 0 Å². The predicted octanol–water partition coefficient (Wildman–Crippen LogP) is 0.958. The van der Waals surface area contributed by atoms with Crippen LogP contribution in [-0.2, 0) is 14.4 Å². The average Bonchev–Trinajstić information content (AvgIpc) is 2.44. The van der Waals surface area contributed by atoms with E-state index in [4.69, 9.17) is 5.11 Å². The molecule has 0 aromatic carbocycles. The zero-order valence-electron chi connectivity index (χ0n) is 12.3. The first-order valence-electron chi connectivity index (χ1n) is 7.20. The molecule has 114 valence electrons. The van der Waals surface area contributed by atoms with E-state index >= 15 is 0 Å². The number of hydrogen-bond donors (Lipinski definition) is 1. The number of nitrogens with zero attached hydrogens (tertiary/aromatic N) is 2. The Hall–Kier alpha value is -1.59. The van der Waals surface area contributed by atoms with Gasteiger partial charge in [0.1, 0.15) is 0 Å². The molecule has 0 aromatic rings. The van der Waals surface area contributed by atoms with E-state index < -0.39 is 5.97 Å². The lowest BCUT2D eigenvalue weighted by Gasteiger charge is -2.31. The molecular weight excluding hydrogens is 260 g/mol. The van der Waals surface area contributed by atoms with Gasteiger partial charge in [0.25, 0.3) is 0 Å². The fraction of sp³-hybridized carbons (Fsp3) is 0.786. The minimum atomic E-state index is -0.788. The SMILES string of the molecule is CCCCC(=O)N(C)CC(=O)N1CCC(C(=O)O)CC1. The molecule has 0 radical (unpaired) electrons. The molecule has 1 rings (SSSR count).